The molecule has 1 aromatic rings. The molecule has 0 atom stereocenters. The molecule has 0 unspecified atom stereocenters. The van der Waals surface area contributed by atoms with Crippen molar-refractivity contribution in [3.8, 4) is 11.8 Å². The van der Waals surface area contributed by atoms with Crippen LogP contribution in [0.2, 0.25) is 0 Å². The van der Waals surface area contributed by atoms with Crippen LogP contribution in [0.1, 0.15) is 18.1 Å². The molecular formula is C11H10FNOS. The predicted molar refractivity (Wildman–Crippen MR) is 58.9 cm³/mol. The van der Waals surface area contributed by atoms with Crippen LogP contribution in [0.25, 0.3) is 0 Å². The van der Waals surface area contributed by atoms with Crippen molar-refractivity contribution in [2.45, 2.75) is 13.8 Å². The third-order valence-corrected chi connectivity index (χ3v) is 2.41. The Balaban J connectivity index is 2.72. The fourth-order valence-corrected chi connectivity index (χ4v) is 1.26. The van der Waals surface area contributed by atoms with Crippen molar-refractivity contribution >= 4 is 16.9 Å². The van der Waals surface area contributed by atoms with E-state index in [1.165, 1.54) is 13.1 Å². The van der Waals surface area contributed by atoms with Gasteiger partial charge in [0.25, 0.3) is 0 Å². The first-order chi connectivity index (χ1) is 7.11. The van der Waals surface area contributed by atoms with Gasteiger partial charge < -0.3 is 0 Å². The Bertz CT molecular complexity index is 434. The summed E-state index contributed by atoms with van der Waals surface area (Å²) >= 11 is 1.14. The lowest BCUT2D eigenvalue weighted by molar-refractivity contribution is -0.109. The van der Waals surface area contributed by atoms with Crippen molar-refractivity contribution in [2.24, 2.45) is 0 Å². The molecule has 0 N–H and O–H groups in total. The fraction of sp³-hybridized carbons (Fsp3) is 0.273. The highest BCUT2D eigenvalue weighted by Crippen LogP contribution is 2.08. The average Bonchev–Trinajstić information content (AvgIpc) is 2.18. The maximum absolute atomic E-state index is 13.0. The highest BCUT2D eigenvalue weighted by Gasteiger charge is 2.00. The number of nitrogens with zero attached hydrogens (tertiary/aromatic N) is 1. The van der Waals surface area contributed by atoms with Crippen molar-refractivity contribution in [3.05, 3.63) is 29.3 Å². The molecule has 0 amide bonds. The van der Waals surface area contributed by atoms with E-state index in [1.54, 1.807) is 13.0 Å². The number of hydrogen-bond acceptors (Lipinski definition) is 3. The number of rotatable bonds is 1. The van der Waals surface area contributed by atoms with E-state index in [0.717, 1.165) is 11.8 Å². The number of hydrogen-bond donors (Lipinski definition) is 0. The van der Waals surface area contributed by atoms with E-state index in [2.05, 4.69) is 16.8 Å². The predicted octanol–water partition coefficient (Wildman–Crippen LogP) is 2.16. The summed E-state index contributed by atoms with van der Waals surface area (Å²) in [7, 11) is 0. The quantitative estimate of drug-likeness (QED) is 0.540. The monoisotopic (exact) mass is 223 g/mol. The number of carbonyl (C=O) groups excluding carboxylic acids is 1. The van der Waals surface area contributed by atoms with E-state index >= 15 is 0 Å². The molecule has 1 rings (SSSR count). The van der Waals surface area contributed by atoms with Crippen LogP contribution in [-0.4, -0.2) is 15.9 Å². The minimum absolute atomic E-state index is 0.0296. The van der Waals surface area contributed by atoms with Gasteiger partial charge in [0.2, 0.25) is 5.95 Å². The third kappa shape index (κ3) is 3.72. The van der Waals surface area contributed by atoms with Crippen molar-refractivity contribution in [1.29, 1.82) is 0 Å². The standard InChI is InChI=1S/C11H10FNOS/c1-8-10(5-6-13-11(8)12)4-3-7-15-9(2)14/h5-6H,7H2,1-2H3. The zero-order valence-electron chi connectivity index (χ0n) is 8.50. The maximum Gasteiger partial charge on any atom is 0.216 e. The second-order valence-electron chi connectivity index (χ2n) is 2.86. The van der Waals surface area contributed by atoms with Gasteiger partial charge in [-0.1, -0.05) is 23.6 Å². The van der Waals surface area contributed by atoms with Gasteiger partial charge in [0.15, 0.2) is 5.12 Å². The summed E-state index contributed by atoms with van der Waals surface area (Å²) in [6, 6.07) is 1.66. The SMILES string of the molecule is CC(=O)SCC#Cc1ccnc(F)c1C. The van der Waals surface area contributed by atoms with Crippen LogP contribution >= 0.6 is 11.8 Å². The van der Waals surface area contributed by atoms with E-state index in [9.17, 15) is 9.18 Å². The minimum Gasteiger partial charge on any atom is -0.288 e. The van der Waals surface area contributed by atoms with Crippen LogP contribution < -0.4 is 0 Å². The van der Waals surface area contributed by atoms with E-state index in [1.807, 2.05) is 0 Å². The van der Waals surface area contributed by atoms with Crippen LogP contribution in [0.3, 0.4) is 0 Å². The molecule has 0 bridgehead atoms. The van der Waals surface area contributed by atoms with Gasteiger partial charge >= 0.3 is 0 Å². The molecule has 0 aromatic carbocycles. The molecule has 0 saturated carbocycles. The second-order valence-corrected chi connectivity index (χ2v) is 4.01. The Morgan fingerprint density at radius 2 is 2.40 bits per heavy atom. The summed E-state index contributed by atoms with van der Waals surface area (Å²) in [5, 5.41) is 0.0296. The normalized spacial score (nSPS) is 9.27. The summed E-state index contributed by atoms with van der Waals surface area (Å²) in [5.74, 6) is 5.54. The van der Waals surface area contributed by atoms with Crippen molar-refractivity contribution in [3.63, 3.8) is 0 Å². The number of pyridine rings is 1. The highest BCUT2D eigenvalue weighted by atomic mass is 32.2. The van der Waals surface area contributed by atoms with Gasteiger partial charge in [-0.2, -0.15) is 4.39 Å². The molecule has 0 fully saturated rings. The molecule has 0 radical (unpaired) electrons. The lowest BCUT2D eigenvalue weighted by atomic mass is 10.1. The topological polar surface area (TPSA) is 30.0 Å². The molecule has 0 aliphatic rings. The first-order valence-corrected chi connectivity index (χ1v) is 5.33. The van der Waals surface area contributed by atoms with E-state index in [0.29, 0.717) is 16.9 Å². The van der Waals surface area contributed by atoms with Gasteiger partial charge in [0.05, 0.1) is 5.75 Å². The Morgan fingerprint density at radius 3 is 3.07 bits per heavy atom. The first-order valence-electron chi connectivity index (χ1n) is 4.34. The molecule has 78 valence electrons. The number of thioether (sulfide) groups is 1. The van der Waals surface area contributed by atoms with Crippen LogP contribution in [0.5, 0.6) is 0 Å². The zero-order chi connectivity index (χ0) is 11.3. The lowest BCUT2D eigenvalue weighted by Crippen LogP contribution is -1.91. The third-order valence-electron chi connectivity index (χ3n) is 1.71. The summed E-state index contributed by atoms with van der Waals surface area (Å²) in [6.07, 6.45) is 1.38. The van der Waals surface area contributed by atoms with Gasteiger partial charge in [-0.15, -0.1) is 0 Å². The van der Waals surface area contributed by atoms with Gasteiger partial charge in [0, 0.05) is 24.2 Å². The van der Waals surface area contributed by atoms with Gasteiger partial charge in [-0.05, 0) is 13.0 Å². The lowest BCUT2D eigenvalue weighted by Gasteiger charge is -1.96. The smallest absolute Gasteiger partial charge is 0.216 e. The Kier molecular flexibility index (Phi) is 4.32. The number of carbonyl (C=O) groups is 1. The summed E-state index contributed by atoms with van der Waals surface area (Å²) in [6.45, 7) is 3.12. The maximum atomic E-state index is 13.0. The Labute approximate surface area is 92.3 Å². The summed E-state index contributed by atoms with van der Waals surface area (Å²) in [5.41, 5.74) is 1.06. The molecule has 0 spiro atoms. The van der Waals surface area contributed by atoms with Crippen molar-refractivity contribution in [1.82, 2.24) is 4.98 Å². The van der Waals surface area contributed by atoms with Gasteiger partial charge in [-0.3, -0.25) is 4.79 Å². The van der Waals surface area contributed by atoms with E-state index in [4.69, 9.17) is 0 Å². The molecule has 4 heteroatoms. The number of halogens is 1. The largest absolute Gasteiger partial charge is 0.288 e. The molecule has 1 heterocycles. The molecular weight excluding hydrogens is 213 g/mol. The Hall–Kier alpha value is -1.34. The Morgan fingerprint density at radius 1 is 1.67 bits per heavy atom. The van der Waals surface area contributed by atoms with E-state index < -0.39 is 5.95 Å². The molecule has 0 aliphatic carbocycles. The number of aromatic nitrogens is 1. The molecule has 0 saturated heterocycles. The minimum atomic E-state index is -0.499. The van der Waals surface area contributed by atoms with Crippen LogP contribution in [0.15, 0.2) is 12.3 Å². The van der Waals surface area contributed by atoms with Gasteiger partial charge in [0.1, 0.15) is 0 Å². The zero-order valence-corrected chi connectivity index (χ0v) is 9.32. The van der Waals surface area contributed by atoms with Crippen LogP contribution in [0, 0.1) is 24.7 Å². The van der Waals surface area contributed by atoms with Crippen molar-refractivity contribution < 1.29 is 9.18 Å². The molecule has 2 nitrogen and oxygen atoms in total. The van der Waals surface area contributed by atoms with Crippen molar-refractivity contribution in [2.75, 3.05) is 5.75 Å². The molecule has 15 heavy (non-hydrogen) atoms. The van der Waals surface area contributed by atoms with E-state index in [-0.39, 0.29) is 5.12 Å². The first kappa shape index (κ1) is 11.7. The van der Waals surface area contributed by atoms with Gasteiger partial charge in [-0.25, -0.2) is 4.98 Å². The summed E-state index contributed by atoms with van der Waals surface area (Å²) < 4.78 is 13.0. The van der Waals surface area contributed by atoms with Crippen LogP contribution in [-0.2, 0) is 4.79 Å². The molecule has 1 aromatic heterocycles. The average molecular weight is 223 g/mol. The fourth-order valence-electron chi connectivity index (χ4n) is 0.915. The summed E-state index contributed by atoms with van der Waals surface area (Å²) in [4.78, 5) is 14.1. The highest BCUT2D eigenvalue weighted by molar-refractivity contribution is 8.13. The molecule has 0 aliphatic heterocycles. The second kappa shape index (κ2) is 5.52. The van der Waals surface area contributed by atoms with Crippen LogP contribution in [0.4, 0.5) is 4.39 Å².